The van der Waals surface area contributed by atoms with E-state index in [9.17, 15) is 0 Å². The van der Waals surface area contributed by atoms with Gasteiger partial charge in [-0.2, -0.15) is 0 Å². The molecule has 0 spiro atoms. The molecule has 1 aromatic heterocycles. The minimum atomic E-state index is 0.752. The Hall–Kier alpha value is -2.02. The van der Waals surface area contributed by atoms with Crippen LogP contribution in [0.25, 0.3) is 22.3 Å². The molecule has 6 heteroatoms. The van der Waals surface area contributed by atoms with Crippen LogP contribution in [0.15, 0.2) is 53.0 Å². The summed E-state index contributed by atoms with van der Waals surface area (Å²) in [5.41, 5.74) is 1.98. The fraction of sp³-hybridized carbons (Fsp3) is 0.333. The molecule has 0 unspecified atom stereocenters. The van der Waals surface area contributed by atoms with Crippen LogP contribution in [-0.2, 0) is 4.74 Å². The van der Waals surface area contributed by atoms with Crippen molar-refractivity contribution >= 4 is 32.7 Å². The van der Waals surface area contributed by atoms with E-state index in [2.05, 4.69) is 27.3 Å². The predicted molar refractivity (Wildman–Crippen MR) is 112 cm³/mol. The van der Waals surface area contributed by atoms with E-state index in [-0.39, 0.29) is 0 Å². The lowest BCUT2D eigenvalue weighted by atomic mass is 10.2. The highest BCUT2D eigenvalue weighted by molar-refractivity contribution is 9.10. The number of hydrogen-bond donors (Lipinski definition) is 2. The number of nitrogens with one attached hydrogen (secondary N) is 2. The molecule has 4 rings (SSSR count). The summed E-state index contributed by atoms with van der Waals surface area (Å²) in [4.78, 5) is 11.2. The zero-order valence-electron chi connectivity index (χ0n) is 15.2. The molecule has 1 aliphatic heterocycles. The van der Waals surface area contributed by atoms with Crippen molar-refractivity contribution in [1.82, 2.24) is 9.97 Å². The predicted octanol–water partition coefficient (Wildman–Crippen LogP) is 2.78. The van der Waals surface area contributed by atoms with E-state index in [0.29, 0.717) is 0 Å². The maximum atomic E-state index is 5.43. The molecule has 2 aromatic carbocycles. The Bertz CT molecular complexity index is 894. The lowest BCUT2D eigenvalue weighted by Crippen LogP contribution is -3.14. The second-order valence-electron chi connectivity index (χ2n) is 6.81. The number of benzene rings is 2. The van der Waals surface area contributed by atoms with Crippen molar-refractivity contribution in [2.24, 2.45) is 0 Å². The molecule has 0 atom stereocenters. The molecule has 0 bridgehead atoms. The Kier molecular flexibility index (Phi) is 5.97. The normalized spacial score (nSPS) is 15.1. The monoisotopic (exact) mass is 427 g/mol. The van der Waals surface area contributed by atoms with E-state index < -0.39 is 0 Å². The first-order valence-electron chi connectivity index (χ1n) is 9.47. The first-order valence-corrected chi connectivity index (χ1v) is 10.3. The molecule has 0 radical (unpaired) electrons. The summed E-state index contributed by atoms with van der Waals surface area (Å²) in [6.07, 6.45) is 1.11. The Balaban J connectivity index is 1.50. The van der Waals surface area contributed by atoms with Crippen molar-refractivity contribution in [2.45, 2.75) is 6.42 Å². The fourth-order valence-electron chi connectivity index (χ4n) is 3.39. The van der Waals surface area contributed by atoms with Crippen LogP contribution in [0.5, 0.6) is 0 Å². The first kappa shape index (κ1) is 18.3. The highest BCUT2D eigenvalue weighted by Crippen LogP contribution is 2.25. The maximum absolute atomic E-state index is 5.43. The molecular weight excluding hydrogens is 404 g/mol. The minimum absolute atomic E-state index is 0.752. The van der Waals surface area contributed by atoms with Gasteiger partial charge in [-0.15, -0.1) is 0 Å². The second kappa shape index (κ2) is 8.78. The number of hydrogen-bond acceptors (Lipinski definition) is 4. The number of nitrogens with zero attached hydrogens (tertiary/aromatic N) is 2. The van der Waals surface area contributed by atoms with Crippen LogP contribution >= 0.6 is 15.9 Å². The van der Waals surface area contributed by atoms with Gasteiger partial charge in [-0.05, 0) is 24.3 Å². The summed E-state index contributed by atoms with van der Waals surface area (Å²) < 4.78 is 6.48. The van der Waals surface area contributed by atoms with Gasteiger partial charge in [0.25, 0.3) is 0 Å². The third-order valence-electron chi connectivity index (χ3n) is 4.91. The van der Waals surface area contributed by atoms with E-state index in [1.165, 1.54) is 6.54 Å². The maximum Gasteiger partial charge on any atom is 0.162 e. The van der Waals surface area contributed by atoms with E-state index >= 15 is 0 Å². The van der Waals surface area contributed by atoms with Crippen LogP contribution in [0.1, 0.15) is 6.42 Å². The average Bonchev–Trinajstić information content (AvgIpc) is 2.72. The Morgan fingerprint density at radius 2 is 1.78 bits per heavy atom. The molecular formula is C21H24BrN4O+. The Morgan fingerprint density at radius 3 is 2.59 bits per heavy atom. The molecule has 1 saturated heterocycles. The van der Waals surface area contributed by atoms with Gasteiger partial charge in [0.1, 0.15) is 18.9 Å². The van der Waals surface area contributed by atoms with E-state index in [0.717, 1.165) is 71.9 Å². The van der Waals surface area contributed by atoms with Crippen molar-refractivity contribution in [3.8, 4) is 11.4 Å². The van der Waals surface area contributed by atoms with Crippen molar-refractivity contribution in [3.05, 3.63) is 53.0 Å². The average molecular weight is 428 g/mol. The lowest BCUT2D eigenvalue weighted by molar-refractivity contribution is -0.908. The quantitative estimate of drug-likeness (QED) is 0.593. The van der Waals surface area contributed by atoms with Gasteiger partial charge in [0.2, 0.25) is 0 Å². The van der Waals surface area contributed by atoms with Gasteiger partial charge in [-0.3, -0.25) is 0 Å². The Morgan fingerprint density at radius 1 is 1.00 bits per heavy atom. The van der Waals surface area contributed by atoms with Crippen LogP contribution in [0.4, 0.5) is 5.82 Å². The number of quaternary nitrogens is 1. The topological polar surface area (TPSA) is 51.5 Å². The first-order chi connectivity index (χ1) is 13.3. The van der Waals surface area contributed by atoms with Crippen LogP contribution in [0, 0.1) is 0 Å². The summed E-state index contributed by atoms with van der Waals surface area (Å²) in [6, 6.07) is 16.3. The van der Waals surface area contributed by atoms with E-state index in [1.807, 2.05) is 42.5 Å². The molecule has 3 aromatic rings. The molecule has 5 nitrogen and oxygen atoms in total. The van der Waals surface area contributed by atoms with Crippen LogP contribution < -0.4 is 10.2 Å². The number of para-hydroxylation sites is 1. The zero-order chi connectivity index (χ0) is 18.5. The minimum Gasteiger partial charge on any atom is -0.370 e. The number of anilines is 1. The fourth-order valence-corrected chi connectivity index (χ4v) is 3.66. The largest absolute Gasteiger partial charge is 0.370 e. The number of halogens is 1. The van der Waals surface area contributed by atoms with Crippen molar-refractivity contribution in [3.63, 3.8) is 0 Å². The molecule has 1 aliphatic rings. The molecule has 140 valence electrons. The molecule has 2 N–H and O–H groups in total. The van der Waals surface area contributed by atoms with Gasteiger partial charge in [0.05, 0.1) is 25.3 Å². The SMILES string of the molecule is Brc1ccc(-c2nc(NCCC[NH+]3CCOCC3)c3ccccc3n2)cc1. The van der Waals surface area contributed by atoms with Crippen molar-refractivity contribution in [2.75, 3.05) is 44.7 Å². The van der Waals surface area contributed by atoms with Gasteiger partial charge < -0.3 is 15.0 Å². The Labute approximate surface area is 167 Å². The van der Waals surface area contributed by atoms with Crippen LogP contribution in [-0.4, -0.2) is 49.4 Å². The third kappa shape index (κ3) is 4.64. The number of aromatic nitrogens is 2. The van der Waals surface area contributed by atoms with Crippen LogP contribution in [0.2, 0.25) is 0 Å². The van der Waals surface area contributed by atoms with Gasteiger partial charge >= 0.3 is 0 Å². The summed E-state index contributed by atoms with van der Waals surface area (Å²) >= 11 is 3.48. The van der Waals surface area contributed by atoms with Crippen molar-refractivity contribution in [1.29, 1.82) is 0 Å². The number of rotatable bonds is 6. The standard InChI is InChI=1S/C21H23BrN4O/c22-17-8-6-16(7-9-17)20-24-19-5-2-1-4-18(19)21(25-20)23-10-3-11-26-12-14-27-15-13-26/h1-2,4-9H,3,10-15H2,(H,23,24,25)/p+1. The van der Waals surface area contributed by atoms with Gasteiger partial charge in [0, 0.05) is 28.4 Å². The van der Waals surface area contributed by atoms with Gasteiger partial charge in [-0.1, -0.05) is 40.2 Å². The molecule has 27 heavy (non-hydrogen) atoms. The summed E-state index contributed by atoms with van der Waals surface area (Å²) in [7, 11) is 0. The smallest absolute Gasteiger partial charge is 0.162 e. The highest BCUT2D eigenvalue weighted by atomic mass is 79.9. The summed E-state index contributed by atoms with van der Waals surface area (Å²) in [5.74, 6) is 1.66. The highest BCUT2D eigenvalue weighted by Gasteiger charge is 2.13. The molecule has 0 saturated carbocycles. The molecule has 0 amide bonds. The molecule has 2 heterocycles. The lowest BCUT2D eigenvalue weighted by Gasteiger charge is -2.23. The summed E-state index contributed by atoms with van der Waals surface area (Å²) in [6.45, 7) is 6.07. The summed E-state index contributed by atoms with van der Waals surface area (Å²) in [5, 5.41) is 4.61. The van der Waals surface area contributed by atoms with E-state index in [4.69, 9.17) is 14.7 Å². The van der Waals surface area contributed by atoms with Gasteiger partial charge in [0.15, 0.2) is 5.82 Å². The number of ether oxygens (including phenoxy) is 1. The second-order valence-corrected chi connectivity index (χ2v) is 7.73. The number of morpholine rings is 1. The van der Waals surface area contributed by atoms with Gasteiger partial charge in [-0.25, -0.2) is 9.97 Å². The van der Waals surface area contributed by atoms with E-state index in [1.54, 1.807) is 4.90 Å². The zero-order valence-corrected chi connectivity index (χ0v) is 16.8. The number of fused-ring (bicyclic) bond motifs is 1. The van der Waals surface area contributed by atoms with Crippen molar-refractivity contribution < 1.29 is 9.64 Å². The van der Waals surface area contributed by atoms with Crippen LogP contribution in [0.3, 0.4) is 0 Å². The third-order valence-corrected chi connectivity index (χ3v) is 5.43. The molecule has 0 aliphatic carbocycles. The molecule has 1 fully saturated rings.